The number of benzene rings is 2. The minimum Gasteiger partial charge on any atom is -0.321 e. The number of hydrogen-bond acceptors (Lipinski definition) is 4. The van der Waals surface area contributed by atoms with Gasteiger partial charge in [-0.3, -0.25) is 4.79 Å². The van der Waals surface area contributed by atoms with Crippen molar-refractivity contribution in [2.75, 3.05) is 5.32 Å². The van der Waals surface area contributed by atoms with E-state index in [9.17, 15) is 9.18 Å². The molecule has 0 saturated carbocycles. The van der Waals surface area contributed by atoms with Gasteiger partial charge in [0, 0.05) is 11.3 Å². The SMILES string of the molecule is O=C(Nc1ccc(-c2nc3ccccc3s2)cc1)c1ccc(F)cn1. The first-order valence-corrected chi connectivity index (χ1v) is 8.39. The quantitative estimate of drug-likeness (QED) is 0.581. The van der Waals surface area contributed by atoms with E-state index < -0.39 is 5.82 Å². The Labute approximate surface area is 147 Å². The second kappa shape index (κ2) is 6.41. The van der Waals surface area contributed by atoms with Gasteiger partial charge < -0.3 is 5.32 Å². The van der Waals surface area contributed by atoms with Crippen LogP contribution in [0, 0.1) is 5.82 Å². The second-order valence-corrected chi connectivity index (χ2v) is 6.41. The van der Waals surface area contributed by atoms with Gasteiger partial charge in [0.1, 0.15) is 16.5 Å². The molecule has 1 amide bonds. The monoisotopic (exact) mass is 349 g/mol. The highest BCUT2D eigenvalue weighted by atomic mass is 32.1. The minimum atomic E-state index is -0.475. The van der Waals surface area contributed by atoms with Crippen LogP contribution in [0.3, 0.4) is 0 Å². The van der Waals surface area contributed by atoms with Crippen LogP contribution in [0.2, 0.25) is 0 Å². The summed E-state index contributed by atoms with van der Waals surface area (Å²) in [5.41, 5.74) is 2.76. The van der Waals surface area contributed by atoms with Crippen LogP contribution in [0.25, 0.3) is 20.8 Å². The van der Waals surface area contributed by atoms with Crippen molar-refractivity contribution in [2.45, 2.75) is 0 Å². The van der Waals surface area contributed by atoms with Crippen molar-refractivity contribution in [2.24, 2.45) is 0 Å². The normalized spacial score (nSPS) is 10.8. The number of carbonyl (C=O) groups excluding carboxylic acids is 1. The Morgan fingerprint density at radius 2 is 1.80 bits per heavy atom. The van der Waals surface area contributed by atoms with Gasteiger partial charge in [-0.25, -0.2) is 14.4 Å². The van der Waals surface area contributed by atoms with Crippen molar-refractivity contribution in [1.82, 2.24) is 9.97 Å². The lowest BCUT2D eigenvalue weighted by atomic mass is 10.2. The Hall–Kier alpha value is -3.12. The van der Waals surface area contributed by atoms with Gasteiger partial charge in [0.05, 0.1) is 16.4 Å². The summed E-state index contributed by atoms with van der Waals surface area (Å²) < 4.78 is 14.0. The number of thiazole rings is 1. The molecule has 6 heteroatoms. The summed E-state index contributed by atoms with van der Waals surface area (Å²) in [6, 6.07) is 18.0. The second-order valence-electron chi connectivity index (χ2n) is 5.38. The van der Waals surface area contributed by atoms with Crippen LogP contribution in [0.4, 0.5) is 10.1 Å². The Morgan fingerprint density at radius 1 is 1.00 bits per heavy atom. The number of aromatic nitrogens is 2. The number of rotatable bonds is 3. The molecule has 0 aliphatic carbocycles. The van der Waals surface area contributed by atoms with Crippen LogP contribution in [0.1, 0.15) is 10.5 Å². The van der Waals surface area contributed by atoms with Gasteiger partial charge in [-0.15, -0.1) is 11.3 Å². The average molecular weight is 349 g/mol. The molecule has 4 rings (SSSR count). The van der Waals surface area contributed by atoms with Gasteiger partial charge in [-0.2, -0.15) is 0 Å². The number of hydrogen-bond donors (Lipinski definition) is 1. The zero-order chi connectivity index (χ0) is 17.2. The van der Waals surface area contributed by atoms with Gasteiger partial charge in [-0.05, 0) is 48.5 Å². The molecule has 1 N–H and O–H groups in total. The molecule has 0 saturated heterocycles. The Kier molecular flexibility index (Phi) is 3.95. The molecule has 0 fully saturated rings. The van der Waals surface area contributed by atoms with Gasteiger partial charge in [0.25, 0.3) is 5.91 Å². The third kappa shape index (κ3) is 3.25. The van der Waals surface area contributed by atoms with Gasteiger partial charge in [0.15, 0.2) is 0 Å². The summed E-state index contributed by atoms with van der Waals surface area (Å²) in [7, 11) is 0. The average Bonchev–Trinajstić information content (AvgIpc) is 3.07. The predicted molar refractivity (Wildman–Crippen MR) is 97.2 cm³/mol. The number of halogens is 1. The summed E-state index contributed by atoms with van der Waals surface area (Å²) in [6.45, 7) is 0. The third-order valence-electron chi connectivity index (χ3n) is 3.64. The number of para-hydroxylation sites is 1. The van der Waals surface area contributed by atoms with E-state index in [1.807, 2.05) is 48.5 Å². The topological polar surface area (TPSA) is 54.9 Å². The Bertz CT molecular complexity index is 1010. The third-order valence-corrected chi connectivity index (χ3v) is 4.73. The van der Waals surface area contributed by atoms with Crippen LogP contribution in [0.5, 0.6) is 0 Å². The number of carbonyl (C=O) groups is 1. The zero-order valence-electron chi connectivity index (χ0n) is 12.9. The first-order chi connectivity index (χ1) is 12.2. The molecule has 2 heterocycles. The number of fused-ring (bicyclic) bond motifs is 1. The highest BCUT2D eigenvalue weighted by Gasteiger charge is 2.09. The molecule has 0 bridgehead atoms. The van der Waals surface area contributed by atoms with E-state index in [1.165, 1.54) is 12.1 Å². The summed E-state index contributed by atoms with van der Waals surface area (Å²) in [6.07, 6.45) is 1.02. The fourth-order valence-corrected chi connectivity index (χ4v) is 3.37. The highest BCUT2D eigenvalue weighted by molar-refractivity contribution is 7.21. The lowest BCUT2D eigenvalue weighted by molar-refractivity contribution is 0.102. The highest BCUT2D eigenvalue weighted by Crippen LogP contribution is 2.30. The van der Waals surface area contributed by atoms with Gasteiger partial charge in [-0.1, -0.05) is 12.1 Å². The smallest absolute Gasteiger partial charge is 0.274 e. The largest absolute Gasteiger partial charge is 0.321 e. The molecule has 2 aromatic carbocycles. The summed E-state index contributed by atoms with van der Waals surface area (Å²) >= 11 is 1.62. The molecule has 25 heavy (non-hydrogen) atoms. The predicted octanol–water partition coefficient (Wildman–Crippen LogP) is 4.75. The number of anilines is 1. The fraction of sp³-hybridized carbons (Fsp3) is 0. The molecular formula is C19H12FN3OS. The molecule has 4 nitrogen and oxygen atoms in total. The maximum Gasteiger partial charge on any atom is 0.274 e. The maximum atomic E-state index is 12.9. The van der Waals surface area contributed by atoms with E-state index in [1.54, 1.807) is 11.3 Å². The fourth-order valence-electron chi connectivity index (χ4n) is 2.40. The molecule has 0 spiro atoms. The zero-order valence-corrected chi connectivity index (χ0v) is 13.8. The summed E-state index contributed by atoms with van der Waals surface area (Å²) in [4.78, 5) is 20.5. The van der Waals surface area contributed by atoms with E-state index in [4.69, 9.17) is 0 Å². The first kappa shape index (κ1) is 15.4. The van der Waals surface area contributed by atoms with Crippen molar-refractivity contribution in [3.8, 4) is 10.6 Å². The molecule has 0 aliphatic heterocycles. The minimum absolute atomic E-state index is 0.164. The molecular weight excluding hydrogens is 337 g/mol. The maximum absolute atomic E-state index is 12.9. The lowest BCUT2D eigenvalue weighted by Crippen LogP contribution is -2.13. The molecule has 2 aromatic heterocycles. The number of nitrogens with one attached hydrogen (secondary N) is 1. The number of pyridine rings is 1. The standard InChI is InChI=1S/C19H12FN3OS/c20-13-7-10-16(21-11-13)18(24)22-14-8-5-12(6-9-14)19-23-15-3-1-2-4-17(15)25-19/h1-11H,(H,22,24). The van der Waals surface area contributed by atoms with Crippen LogP contribution >= 0.6 is 11.3 Å². The van der Waals surface area contributed by atoms with Crippen LogP contribution in [-0.4, -0.2) is 15.9 Å². The number of nitrogens with zero attached hydrogens (tertiary/aromatic N) is 2. The molecule has 0 atom stereocenters. The van der Waals surface area contributed by atoms with Crippen molar-refractivity contribution < 1.29 is 9.18 Å². The molecule has 0 aliphatic rings. The van der Waals surface area contributed by atoms with E-state index in [2.05, 4.69) is 15.3 Å². The van der Waals surface area contributed by atoms with Gasteiger partial charge in [0.2, 0.25) is 0 Å². The van der Waals surface area contributed by atoms with Gasteiger partial charge >= 0.3 is 0 Å². The van der Waals surface area contributed by atoms with Crippen molar-refractivity contribution in [3.05, 3.63) is 78.4 Å². The van der Waals surface area contributed by atoms with Crippen LogP contribution in [-0.2, 0) is 0 Å². The molecule has 4 aromatic rings. The number of amides is 1. The van der Waals surface area contributed by atoms with Crippen molar-refractivity contribution in [3.63, 3.8) is 0 Å². The van der Waals surface area contributed by atoms with Crippen molar-refractivity contribution >= 4 is 33.1 Å². The van der Waals surface area contributed by atoms with E-state index >= 15 is 0 Å². The lowest BCUT2D eigenvalue weighted by Gasteiger charge is -2.05. The van der Waals surface area contributed by atoms with E-state index in [-0.39, 0.29) is 11.6 Å². The molecule has 122 valence electrons. The molecule has 0 radical (unpaired) electrons. The Balaban J connectivity index is 1.53. The molecule has 0 unspecified atom stereocenters. The summed E-state index contributed by atoms with van der Waals surface area (Å²) in [5.74, 6) is -0.857. The first-order valence-electron chi connectivity index (χ1n) is 7.58. The van der Waals surface area contributed by atoms with Crippen LogP contribution < -0.4 is 5.32 Å². The van der Waals surface area contributed by atoms with E-state index in [0.717, 1.165) is 27.0 Å². The van der Waals surface area contributed by atoms with Crippen molar-refractivity contribution in [1.29, 1.82) is 0 Å². The summed E-state index contributed by atoms with van der Waals surface area (Å²) in [5, 5.41) is 3.67. The van der Waals surface area contributed by atoms with Crippen LogP contribution in [0.15, 0.2) is 66.9 Å². The Morgan fingerprint density at radius 3 is 2.52 bits per heavy atom. The van der Waals surface area contributed by atoms with E-state index in [0.29, 0.717) is 5.69 Å².